The van der Waals surface area contributed by atoms with E-state index in [2.05, 4.69) is 24.5 Å². The van der Waals surface area contributed by atoms with Crippen molar-refractivity contribution in [3.05, 3.63) is 0 Å². The van der Waals surface area contributed by atoms with Crippen LogP contribution < -0.4 is 10.6 Å². The highest BCUT2D eigenvalue weighted by Gasteiger charge is 2.45. The fourth-order valence-electron chi connectivity index (χ4n) is 1.70. The van der Waals surface area contributed by atoms with E-state index in [-0.39, 0.29) is 18.7 Å². The maximum Gasteiger partial charge on any atom is 0.315 e. The summed E-state index contributed by atoms with van der Waals surface area (Å²) in [7, 11) is 0. The minimum absolute atomic E-state index is 0.0251. The minimum Gasteiger partial charge on any atom is -0.394 e. The van der Waals surface area contributed by atoms with Gasteiger partial charge < -0.3 is 15.7 Å². The molecule has 3 N–H and O–H groups in total. The third-order valence-corrected chi connectivity index (χ3v) is 3.37. The Balaban J connectivity index is 2.23. The molecule has 1 saturated carbocycles. The van der Waals surface area contributed by atoms with E-state index in [4.69, 9.17) is 5.11 Å². The Hall–Kier alpha value is -0.770. The van der Waals surface area contributed by atoms with Gasteiger partial charge in [0, 0.05) is 6.54 Å². The predicted octanol–water partition coefficient (Wildman–Crippen LogP) is 1.10. The molecule has 1 aliphatic rings. The van der Waals surface area contributed by atoms with Gasteiger partial charge >= 0.3 is 6.03 Å². The summed E-state index contributed by atoms with van der Waals surface area (Å²) in [5.41, 5.74) is 0.333. The van der Waals surface area contributed by atoms with E-state index in [1.54, 1.807) is 6.92 Å². The highest BCUT2D eigenvalue weighted by molar-refractivity contribution is 5.74. The van der Waals surface area contributed by atoms with Crippen molar-refractivity contribution >= 4 is 6.03 Å². The minimum atomic E-state index is -0.181. The second kappa shape index (κ2) is 4.84. The molecule has 0 aromatic carbocycles. The molecule has 1 atom stereocenters. The molecule has 1 rings (SSSR count). The second-order valence-electron chi connectivity index (χ2n) is 4.93. The van der Waals surface area contributed by atoms with E-state index in [9.17, 15) is 4.79 Å². The number of carbonyl (C=O) groups excluding carboxylic acids is 1. The summed E-state index contributed by atoms with van der Waals surface area (Å²) in [5, 5.41) is 14.3. The van der Waals surface area contributed by atoms with Gasteiger partial charge in [0.05, 0.1) is 12.6 Å². The molecular weight excluding hydrogens is 192 g/mol. The molecule has 0 radical (unpaired) electrons. The van der Waals surface area contributed by atoms with E-state index in [0.717, 1.165) is 6.54 Å². The summed E-state index contributed by atoms with van der Waals surface area (Å²) >= 11 is 0. The number of aliphatic hydroxyl groups excluding tert-OH is 1. The molecule has 0 aliphatic heterocycles. The fourth-order valence-corrected chi connectivity index (χ4v) is 1.70. The Morgan fingerprint density at radius 3 is 2.40 bits per heavy atom. The second-order valence-corrected chi connectivity index (χ2v) is 4.93. The summed E-state index contributed by atoms with van der Waals surface area (Å²) in [6.07, 6.45) is 2.42. The molecule has 88 valence electrons. The Morgan fingerprint density at radius 2 is 2.00 bits per heavy atom. The normalized spacial score (nSPS) is 19.8. The predicted molar refractivity (Wildman–Crippen MR) is 59.6 cm³/mol. The van der Waals surface area contributed by atoms with Gasteiger partial charge in [-0.05, 0) is 31.1 Å². The Bertz CT molecular complexity index is 225. The molecule has 1 aliphatic carbocycles. The van der Waals surface area contributed by atoms with Crippen molar-refractivity contribution in [2.24, 2.45) is 11.3 Å². The molecule has 0 aromatic heterocycles. The molecule has 4 nitrogen and oxygen atoms in total. The van der Waals surface area contributed by atoms with Crippen LogP contribution in [0.1, 0.15) is 33.6 Å². The monoisotopic (exact) mass is 214 g/mol. The third-order valence-electron chi connectivity index (χ3n) is 3.37. The summed E-state index contributed by atoms with van der Waals surface area (Å²) < 4.78 is 0. The summed E-state index contributed by atoms with van der Waals surface area (Å²) in [6.45, 7) is 6.89. The van der Waals surface area contributed by atoms with Crippen LogP contribution in [0.4, 0.5) is 4.79 Å². The van der Waals surface area contributed by atoms with E-state index in [1.165, 1.54) is 12.8 Å². The van der Waals surface area contributed by atoms with Crippen LogP contribution in [-0.2, 0) is 0 Å². The van der Waals surface area contributed by atoms with E-state index < -0.39 is 0 Å². The number of carbonyl (C=O) groups is 1. The molecular formula is C11H22N2O2. The lowest BCUT2D eigenvalue weighted by Gasteiger charge is -2.21. The molecule has 0 unspecified atom stereocenters. The van der Waals surface area contributed by atoms with Crippen molar-refractivity contribution in [1.82, 2.24) is 10.6 Å². The van der Waals surface area contributed by atoms with Crippen LogP contribution in [0.2, 0.25) is 0 Å². The number of nitrogens with one attached hydrogen (secondary N) is 2. The van der Waals surface area contributed by atoms with Crippen LogP contribution in [0.5, 0.6) is 0 Å². The zero-order chi connectivity index (χ0) is 11.5. The van der Waals surface area contributed by atoms with Gasteiger partial charge in [-0.25, -0.2) is 4.79 Å². The average molecular weight is 214 g/mol. The number of aliphatic hydroxyl groups is 1. The average Bonchev–Trinajstić information content (AvgIpc) is 2.95. The standard InChI is InChI=1S/C11H22N2O2/c1-8(2)11(4-5-11)7-12-10(15)13-9(3)6-14/h8-9,14H,4-7H2,1-3H3,(H2,12,13,15)/t9-/m0/s1. The van der Waals surface area contributed by atoms with Crippen molar-refractivity contribution in [2.45, 2.75) is 39.7 Å². The van der Waals surface area contributed by atoms with Gasteiger partial charge in [0.15, 0.2) is 0 Å². The number of urea groups is 1. The van der Waals surface area contributed by atoms with Gasteiger partial charge in [0.1, 0.15) is 0 Å². The Morgan fingerprint density at radius 1 is 1.40 bits per heavy atom. The zero-order valence-corrected chi connectivity index (χ0v) is 9.84. The van der Waals surface area contributed by atoms with E-state index in [1.807, 2.05) is 0 Å². The van der Waals surface area contributed by atoms with E-state index >= 15 is 0 Å². The van der Waals surface area contributed by atoms with Crippen LogP contribution in [0, 0.1) is 11.3 Å². The lowest BCUT2D eigenvalue weighted by molar-refractivity contribution is 0.216. The molecule has 4 heteroatoms. The maximum absolute atomic E-state index is 11.4. The maximum atomic E-state index is 11.4. The number of hydrogen-bond acceptors (Lipinski definition) is 2. The van der Waals surface area contributed by atoms with Crippen molar-refractivity contribution in [3.8, 4) is 0 Å². The third kappa shape index (κ3) is 3.38. The number of amides is 2. The number of rotatable bonds is 5. The van der Waals surface area contributed by atoms with Crippen LogP contribution in [0.3, 0.4) is 0 Å². The molecule has 15 heavy (non-hydrogen) atoms. The van der Waals surface area contributed by atoms with Crippen molar-refractivity contribution in [1.29, 1.82) is 0 Å². The lowest BCUT2D eigenvalue weighted by atomic mass is 9.92. The van der Waals surface area contributed by atoms with Gasteiger partial charge in [0.2, 0.25) is 0 Å². The van der Waals surface area contributed by atoms with Gasteiger partial charge in [-0.3, -0.25) is 0 Å². The molecule has 0 bridgehead atoms. The van der Waals surface area contributed by atoms with Crippen LogP contribution >= 0.6 is 0 Å². The first kappa shape index (κ1) is 12.3. The van der Waals surface area contributed by atoms with Gasteiger partial charge in [-0.1, -0.05) is 13.8 Å². The zero-order valence-electron chi connectivity index (χ0n) is 9.84. The first-order valence-corrected chi connectivity index (χ1v) is 5.65. The first-order valence-electron chi connectivity index (χ1n) is 5.65. The highest BCUT2D eigenvalue weighted by atomic mass is 16.3. The summed E-state index contributed by atoms with van der Waals surface area (Å²) in [6, 6.07) is -0.359. The topological polar surface area (TPSA) is 61.4 Å². The summed E-state index contributed by atoms with van der Waals surface area (Å²) in [4.78, 5) is 11.4. The Labute approximate surface area is 91.4 Å². The quantitative estimate of drug-likeness (QED) is 0.642. The van der Waals surface area contributed by atoms with Crippen molar-refractivity contribution < 1.29 is 9.90 Å². The molecule has 1 fully saturated rings. The Kier molecular flexibility index (Phi) is 3.97. The number of hydrogen-bond donors (Lipinski definition) is 3. The van der Waals surface area contributed by atoms with Crippen LogP contribution in [0.15, 0.2) is 0 Å². The van der Waals surface area contributed by atoms with Gasteiger partial charge in [-0.2, -0.15) is 0 Å². The molecule has 0 saturated heterocycles. The smallest absolute Gasteiger partial charge is 0.315 e. The van der Waals surface area contributed by atoms with Gasteiger partial charge in [0.25, 0.3) is 0 Å². The molecule has 2 amide bonds. The van der Waals surface area contributed by atoms with Crippen molar-refractivity contribution in [3.63, 3.8) is 0 Å². The molecule has 0 spiro atoms. The largest absolute Gasteiger partial charge is 0.394 e. The lowest BCUT2D eigenvalue weighted by Crippen LogP contribution is -2.44. The summed E-state index contributed by atoms with van der Waals surface area (Å²) in [5.74, 6) is 0.619. The van der Waals surface area contributed by atoms with Crippen LogP contribution in [0.25, 0.3) is 0 Å². The highest BCUT2D eigenvalue weighted by Crippen LogP contribution is 2.51. The first-order chi connectivity index (χ1) is 7.00. The van der Waals surface area contributed by atoms with Crippen molar-refractivity contribution in [2.75, 3.05) is 13.2 Å². The van der Waals surface area contributed by atoms with Crippen LogP contribution in [-0.4, -0.2) is 30.3 Å². The van der Waals surface area contributed by atoms with Gasteiger partial charge in [-0.15, -0.1) is 0 Å². The SMILES string of the molecule is CC(C)C1(CNC(=O)N[C@@H](C)CO)CC1. The fraction of sp³-hybridized carbons (Fsp3) is 0.909. The molecule has 0 heterocycles. The van der Waals surface area contributed by atoms with E-state index in [0.29, 0.717) is 11.3 Å². The molecule has 0 aromatic rings.